The third-order valence-electron chi connectivity index (χ3n) is 4.82. The number of nitrogens with zero attached hydrogens (tertiary/aromatic N) is 3. The molecule has 0 unspecified atom stereocenters. The van der Waals surface area contributed by atoms with E-state index in [1.165, 1.54) is 0 Å². The van der Waals surface area contributed by atoms with Gasteiger partial charge >= 0.3 is 6.18 Å². The normalized spacial score (nSPS) is 11.7. The van der Waals surface area contributed by atoms with Crippen LogP contribution < -0.4 is 10.9 Å². The second-order valence-corrected chi connectivity index (χ2v) is 8.67. The summed E-state index contributed by atoms with van der Waals surface area (Å²) >= 11 is 6.92. The van der Waals surface area contributed by atoms with Crippen LogP contribution >= 0.6 is 23.4 Å². The van der Waals surface area contributed by atoms with Gasteiger partial charge in [0.05, 0.1) is 27.2 Å². The van der Waals surface area contributed by atoms with Crippen LogP contribution in [0.25, 0.3) is 10.9 Å². The van der Waals surface area contributed by atoms with Crippen LogP contribution in [0.1, 0.15) is 38.2 Å². The van der Waals surface area contributed by atoms with Crippen molar-refractivity contribution in [1.82, 2.24) is 14.5 Å². The number of hydrogen-bond acceptors (Lipinski definition) is 5. The minimum absolute atomic E-state index is 0.126. The number of amides is 1. The Hall–Kier alpha value is -2.59. The number of rotatable bonds is 9. The Bertz CT molecular complexity index is 1200. The van der Waals surface area contributed by atoms with Gasteiger partial charge in [-0.1, -0.05) is 61.7 Å². The lowest BCUT2D eigenvalue weighted by atomic mass is 10.2. The predicted octanol–water partition coefficient (Wildman–Crippen LogP) is 5.77. The van der Waals surface area contributed by atoms with Crippen LogP contribution in [-0.4, -0.2) is 26.2 Å². The van der Waals surface area contributed by atoms with Crippen LogP contribution in [0.5, 0.6) is 0 Å². The van der Waals surface area contributed by atoms with Crippen molar-refractivity contribution in [2.45, 2.75) is 50.5 Å². The second-order valence-electron chi connectivity index (χ2n) is 7.32. The highest BCUT2D eigenvalue weighted by Gasteiger charge is 2.31. The van der Waals surface area contributed by atoms with Crippen LogP contribution in [0.4, 0.5) is 19.0 Å². The highest BCUT2D eigenvalue weighted by Crippen LogP contribution is 2.32. The molecule has 1 N–H and O–H groups in total. The number of halogens is 4. The summed E-state index contributed by atoms with van der Waals surface area (Å²) in [5.74, 6) is -0.827. The van der Waals surface area contributed by atoms with Crippen LogP contribution in [0.15, 0.2) is 46.5 Å². The first-order valence-electron chi connectivity index (χ1n) is 10.4. The van der Waals surface area contributed by atoms with Crippen LogP contribution in [0, 0.1) is 0 Å². The van der Waals surface area contributed by atoms with E-state index >= 15 is 0 Å². The molecule has 0 aliphatic heterocycles. The lowest BCUT2D eigenvalue weighted by molar-refractivity contribution is -0.137. The molecule has 0 saturated carbocycles. The first kappa shape index (κ1) is 25.0. The van der Waals surface area contributed by atoms with Gasteiger partial charge in [-0.15, -0.1) is 0 Å². The molecule has 0 atom stereocenters. The number of thioether (sulfide) groups is 1. The lowest BCUT2D eigenvalue weighted by Crippen LogP contribution is -2.24. The first-order chi connectivity index (χ1) is 15.7. The number of unbranched alkanes of at least 4 members (excludes halogenated alkanes) is 3. The number of carbonyl (C=O) groups excluding carboxylic acids is 1. The second kappa shape index (κ2) is 11.0. The molecular formula is C22H22ClF3N4O2S. The zero-order valence-electron chi connectivity index (χ0n) is 17.8. The molecule has 0 aliphatic carbocycles. The maximum atomic E-state index is 13.0. The number of pyridine rings is 1. The van der Waals surface area contributed by atoms with Crippen molar-refractivity contribution in [2.24, 2.45) is 0 Å². The zero-order valence-corrected chi connectivity index (χ0v) is 19.4. The summed E-state index contributed by atoms with van der Waals surface area (Å²) < 4.78 is 39.8. The Kier molecular flexibility index (Phi) is 8.36. The van der Waals surface area contributed by atoms with E-state index in [1.54, 1.807) is 28.8 Å². The average molecular weight is 499 g/mol. The fourth-order valence-corrected chi connectivity index (χ4v) is 4.17. The van der Waals surface area contributed by atoms with Crippen molar-refractivity contribution in [3.63, 3.8) is 0 Å². The first-order valence-corrected chi connectivity index (χ1v) is 11.7. The third-order valence-corrected chi connectivity index (χ3v) is 6.09. The molecule has 0 radical (unpaired) electrons. The number of anilines is 1. The van der Waals surface area contributed by atoms with Crippen molar-refractivity contribution in [3.05, 3.63) is 57.5 Å². The standard InChI is InChI=1S/C22H22ClF3N4O2S/c1-2-3-4-7-10-30-20(32)15-8-5-6-9-17(15)28-21(30)33-13-18(31)29-19-16(23)11-14(12-27-19)22(24,25)26/h5-6,8-9,11-12H,2-4,7,10,13H2,1H3,(H,27,29,31). The molecule has 2 heterocycles. The Morgan fingerprint density at radius 1 is 1.21 bits per heavy atom. The molecule has 0 spiro atoms. The Balaban J connectivity index is 1.75. The third kappa shape index (κ3) is 6.48. The quantitative estimate of drug-likeness (QED) is 0.230. The molecule has 1 aromatic carbocycles. The summed E-state index contributed by atoms with van der Waals surface area (Å²) in [6.45, 7) is 2.58. The largest absolute Gasteiger partial charge is 0.417 e. The Morgan fingerprint density at radius 2 is 1.97 bits per heavy atom. The number of hydrogen-bond donors (Lipinski definition) is 1. The molecule has 1 amide bonds. The van der Waals surface area contributed by atoms with Crippen LogP contribution in [0.2, 0.25) is 5.02 Å². The number of carbonyl (C=O) groups is 1. The summed E-state index contributed by atoms with van der Waals surface area (Å²) in [7, 11) is 0. The minimum atomic E-state index is -4.59. The van der Waals surface area contributed by atoms with Gasteiger partial charge in [0.2, 0.25) is 5.91 Å². The molecular weight excluding hydrogens is 477 g/mol. The van der Waals surface area contributed by atoms with E-state index in [1.807, 2.05) is 0 Å². The summed E-state index contributed by atoms with van der Waals surface area (Å²) in [6, 6.07) is 7.70. The molecule has 0 fully saturated rings. The van der Waals surface area contributed by atoms with Gasteiger partial charge in [-0.25, -0.2) is 9.97 Å². The molecule has 0 bridgehead atoms. The molecule has 33 heavy (non-hydrogen) atoms. The summed E-state index contributed by atoms with van der Waals surface area (Å²) in [5, 5.41) is 2.99. The van der Waals surface area contributed by atoms with Gasteiger partial charge in [0.15, 0.2) is 11.0 Å². The predicted molar refractivity (Wildman–Crippen MR) is 124 cm³/mol. The molecule has 3 rings (SSSR count). The van der Waals surface area contributed by atoms with Gasteiger partial charge in [-0.05, 0) is 24.6 Å². The van der Waals surface area contributed by atoms with E-state index in [4.69, 9.17) is 11.6 Å². The lowest BCUT2D eigenvalue weighted by Gasteiger charge is -2.13. The van der Waals surface area contributed by atoms with Gasteiger partial charge in [-0.2, -0.15) is 13.2 Å². The average Bonchev–Trinajstić information content (AvgIpc) is 2.77. The number of fused-ring (bicyclic) bond motifs is 1. The van der Waals surface area contributed by atoms with Crippen molar-refractivity contribution >= 4 is 46.0 Å². The van der Waals surface area contributed by atoms with Gasteiger partial charge < -0.3 is 5.32 Å². The maximum absolute atomic E-state index is 13.0. The van der Waals surface area contributed by atoms with Gasteiger partial charge in [0, 0.05) is 12.7 Å². The highest BCUT2D eigenvalue weighted by atomic mass is 35.5. The monoisotopic (exact) mass is 498 g/mol. The van der Waals surface area contributed by atoms with E-state index in [0.29, 0.717) is 34.9 Å². The molecule has 0 aliphatic rings. The summed E-state index contributed by atoms with van der Waals surface area (Å²) in [6.07, 6.45) is -0.0865. The topological polar surface area (TPSA) is 76.9 Å². The smallest absolute Gasteiger partial charge is 0.309 e. The summed E-state index contributed by atoms with van der Waals surface area (Å²) in [5.41, 5.74) is -0.651. The zero-order chi connectivity index (χ0) is 24.0. The van der Waals surface area contributed by atoms with Gasteiger partial charge in [0.25, 0.3) is 5.56 Å². The van der Waals surface area contributed by atoms with Crippen molar-refractivity contribution < 1.29 is 18.0 Å². The van der Waals surface area contributed by atoms with Crippen LogP contribution in [-0.2, 0) is 17.5 Å². The van der Waals surface area contributed by atoms with E-state index < -0.39 is 17.6 Å². The summed E-state index contributed by atoms with van der Waals surface area (Å²) in [4.78, 5) is 33.6. The molecule has 6 nitrogen and oxygen atoms in total. The number of para-hydroxylation sites is 1. The molecule has 3 aromatic rings. The van der Waals surface area contributed by atoms with Crippen molar-refractivity contribution in [3.8, 4) is 0 Å². The maximum Gasteiger partial charge on any atom is 0.417 e. The van der Waals surface area contributed by atoms with Crippen molar-refractivity contribution in [1.29, 1.82) is 0 Å². The number of benzene rings is 1. The highest BCUT2D eigenvalue weighted by molar-refractivity contribution is 7.99. The minimum Gasteiger partial charge on any atom is -0.309 e. The fourth-order valence-electron chi connectivity index (χ4n) is 3.13. The number of nitrogens with one attached hydrogen (secondary N) is 1. The number of alkyl halides is 3. The van der Waals surface area contributed by atoms with Crippen molar-refractivity contribution in [2.75, 3.05) is 11.1 Å². The van der Waals surface area contributed by atoms with Crippen LogP contribution in [0.3, 0.4) is 0 Å². The Morgan fingerprint density at radius 3 is 2.67 bits per heavy atom. The molecule has 2 aromatic heterocycles. The number of aromatic nitrogens is 3. The van der Waals surface area contributed by atoms with E-state index in [-0.39, 0.29) is 22.2 Å². The fraction of sp³-hybridized carbons (Fsp3) is 0.364. The molecule has 0 saturated heterocycles. The molecule has 176 valence electrons. The SMILES string of the molecule is CCCCCCn1c(SCC(=O)Nc2ncc(C(F)(F)F)cc2Cl)nc2ccccc2c1=O. The van der Waals surface area contributed by atoms with E-state index in [2.05, 4.69) is 22.2 Å². The molecule has 11 heteroatoms. The van der Waals surface area contributed by atoms with E-state index in [9.17, 15) is 22.8 Å². The van der Waals surface area contributed by atoms with Gasteiger partial charge in [0.1, 0.15) is 0 Å². The van der Waals surface area contributed by atoms with E-state index in [0.717, 1.165) is 37.4 Å². The Labute approximate surface area is 197 Å². The van der Waals surface area contributed by atoms with Gasteiger partial charge in [-0.3, -0.25) is 14.2 Å².